The predicted molar refractivity (Wildman–Crippen MR) is 85.6 cm³/mol. The molecule has 1 aromatic carbocycles. The summed E-state index contributed by atoms with van der Waals surface area (Å²) in [6, 6.07) is 7.85. The van der Waals surface area contributed by atoms with E-state index in [1.807, 2.05) is 24.3 Å². The van der Waals surface area contributed by atoms with Gasteiger partial charge in [-0.1, -0.05) is 24.3 Å². The Morgan fingerprint density at radius 1 is 1.18 bits per heavy atom. The first-order valence-electron chi connectivity index (χ1n) is 8.13. The van der Waals surface area contributed by atoms with Gasteiger partial charge in [-0.05, 0) is 56.6 Å². The highest BCUT2D eigenvalue weighted by atomic mass is 16.5. The Morgan fingerprint density at radius 3 is 2.45 bits per heavy atom. The van der Waals surface area contributed by atoms with Gasteiger partial charge in [0.05, 0.1) is 6.61 Å². The first kappa shape index (κ1) is 16.7. The second kappa shape index (κ2) is 8.69. The normalized spacial score (nSPS) is 21.3. The monoisotopic (exact) mass is 303 g/mol. The number of carbonyl (C=O) groups excluding carboxylic acids is 2. The maximum Gasteiger partial charge on any atom is 0.293 e. The Hall–Kier alpha value is -1.68. The minimum Gasteiger partial charge on any atom is -0.468 e. The van der Waals surface area contributed by atoms with Gasteiger partial charge in [-0.25, -0.2) is 0 Å². The largest absolute Gasteiger partial charge is 0.468 e. The number of benzene rings is 1. The van der Waals surface area contributed by atoms with Gasteiger partial charge < -0.3 is 10.5 Å². The summed E-state index contributed by atoms with van der Waals surface area (Å²) in [6.07, 6.45) is 5.72. The number of ether oxygens (including phenoxy) is 1. The minimum absolute atomic E-state index is 0.162. The molecule has 2 N–H and O–H groups in total. The van der Waals surface area contributed by atoms with E-state index in [1.54, 1.807) is 0 Å². The average molecular weight is 303 g/mol. The zero-order valence-electron chi connectivity index (χ0n) is 13.0. The third-order valence-corrected chi connectivity index (χ3v) is 4.59. The lowest BCUT2D eigenvalue weighted by Crippen LogP contribution is -2.25. The van der Waals surface area contributed by atoms with Gasteiger partial charge in [-0.3, -0.25) is 9.59 Å². The molecule has 1 aromatic rings. The van der Waals surface area contributed by atoms with E-state index in [0.717, 1.165) is 56.2 Å². The lowest BCUT2D eigenvalue weighted by Gasteiger charge is -2.26. The second-order valence-electron chi connectivity index (χ2n) is 6.09. The number of carbonyl (C=O) groups is 2. The summed E-state index contributed by atoms with van der Waals surface area (Å²) in [7, 11) is 0. The molecule has 22 heavy (non-hydrogen) atoms. The van der Waals surface area contributed by atoms with Gasteiger partial charge in [-0.15, -0.1) is 0 Å². The van der Waals surface area contributed by atoms with Crippen LogP contribution in [-0.4, -0.2) is 25.4 Å². The maximum atomic E-state index is 12.5. The summed E-state index contributed by atoms with van der Waals surface area (Å²) >= 11 is 0. The zero-order chi connectivity index (χ0) is 15.8. The Kier molecular flexibility index (Phi) is 6.59. The van der Waals surface area contributed by atoms with Crippen molar-refractivity contribution in [3.05, 3.63) is 35.4 Å². The van der Waals surface area contributed by atoms with Crippen LogP contribution < -0.4 is 5.73 Å². The maximum absolute atomic E-state index is 12.5. The molecule has 0 radical (unpaired) electrons. The molecule has 0 unspecified atom stereocenters. The molecule has 0 saturated heterocycles. The fraction of sp³-hybridized carbons (Fsp3) is 0.556. The Balaban J connectivity index is 1.84. The SMILES string of the molecule is NCC1CCC(C(=O)c2ccc(CCCOC=O)cc2)CC1. The van der Waals surface area contributed by atoms with E-state index >= 15 is 0 Å². The van der Waals surface area contributed by atoms with Gasteiger partial charge in [0.2, 0.25) is 0 Å². The van der Waals surface area contributed by atoms with E-state index in [4.69, 9.17) is 5.73 Å². The highest BCUT2D eigenvalue weighted by Crippen LogP contribution is 2.30. The summed E-state index contributed by atoms with van der Waals surface area (Å²) in [4.78, 5) is 22.6. The summed E-state index contributed by atoms with van der Waals surface area (Å²) in [5.41, 5.74) is 7.67. The molecule has 0 aliphatic heterocycles. The summed E-state index contributed by atoms with van der Waals surface area (Å²) in [5, 5.41) is 0. The summed E-state index contributed by atoms with van der Waals surface area (Å²) < 4.78 is 4.67. The van der Waals surface area contributed by atoms with Crippen LogP contribution in [0.15, 0.2) is 24.3 Å². The van der Waals surface area contributed by atoms with E-state index in [0.29, 0.717) is 19.0 Å². The van der Waals surface area contributed by atoms with Crippen molar-refractivity contribution < 1.29 is 14.3 Å². The van der Waals surface area contributed by atoms with Gasteiger partial charge in [-0.2, -0.15) is 0 Å². The van der Waals surface area contributed by atoms with Gasteiger partial charge in [0.25, 0.3) is 6.47 Å². The number of nitrogens with two attached hydrogens (primary N) is 1. The third kappa shape index (κ3) is 4.67. The van der Waals surface area contributed by atoms with Crippen LogP contribution >= 0.6 is 0 Å². The van der Waals surface area contributed by atoms with Crippen LogP contribution in [0, 0.1) is 11.8 Å². The number of hydrogen-bond acceptors (Lipinski definition) is 4. The molecule has 1 aliphatic carbocycles. The molecule has 1 aliphatic rings. The second-order valence-corrected chi connectivity index (χ2v) is 6.09. The standard InChI is InChI=1S/C18H25NO3/c19-12-15-5-9-17(10-6-15)18(21)16-7-3-14(4-8-16)2-1-11-22-13-20/h3-4,7-8,13,15,17H,1-2,5-6,9-12,19H2. The fourth-order valence-corrected chi connectivity index (χ4v) is 3.14. The molecule has 1 fully saturated rings. The molecule has 4 nitrogen and oxygen atoms in total. The number of hydrogen-bond donors (Lipinski definition) is 1. The molecule has 0 aromatic heterocycles. The van der Waals surface area contributed by atoms with Crippen LogP contribution in [0.4, 0.5) is 0 Å². The van der Waals surface area contributed by atoms with Crippen LogP contribution in [0.1, 0.15) is 48.0 Å². The molecule has 1 saturated carbocycles. The fourth-order valence-electron chi connectivity index (χ4n) is 3.14. The Labute approximate surface area is 132 Å². The van der Waals surface area contributed by atoms with E-state index in [9.17, 15) is 9.59 Å². The third-order valence-electron chi connectivity index (χ3n) is 4.59. The van der Waals surface area contributed by atoms with Crippen molar-refractivity contribution in [1.82, 2.24) is 0 Å². The highest BCUT2D eigenvalue weighted by Gasteiger charge is 2.26. The predicted octanol–water partition coefficient (Wildman–Crippen LogP) is 2.74. The lowest BCUT2D eigenvalue weighted by atomic mass is 9.78. The molecule has 0 amide bonds. The first-order valence-corrected chi connectivity index (χ1v) is 8.13. The summed E-state index contributed by atoms with van der Waals surface area (Å²) in [6.45, 7) is 1.65. The first-order chi connectivity index (χ1) is 10.7. The van der Waals surface area contributed by atoms with E-state index in [1.165, 1.54) is 0 Å². The van der Waals surface area contributed by atoms with Crippen molar-refractivity contribution in [1.29, 1.82) is 0 Å². The number of Topliss-reactive ketones (excluding diaryl/α,β-unsaturated/α-hetero) is 1. The van der Waals surface area contributed by atoms with Gasteiger partial charge in [0.1, 0.15) is 0 Å². The molecule has 2 rings (SSSR count). The number of ketones is 1. The molecular formula is C18H25NO3. The molecule has 0 atom stereocenters. The van der Waals surface area contributed by atoms with E-state index in [2.05, 4.69) is 4.74 Å². The molecular weight excluding hydrogens is 278 g/mol. The average Bonchev–Trinajstić information content (AvgIpc) is 2.59. The van der Waals surface area contributed by atoms with Crippen molar-refractivity contribution in [2.45, 2.75) is 38.5 Å². The topological polar surface area (TPSA) is 69.4 Å². The van der Waals surface area contributed by atoms with Crippen molar-refractivity contribution >= 4 is 12.3 Å². The van der Waals surface area contributed by atoms with Crippen molar-refractivity contribution in [2.75, 3.05) is 13.2 Å². The molecule has 0 spiro atoms. The van der Waals surface area contributed by atoms with Crippen LogP contribution in [-0.2, 0) is 16.0 Å². The van der Waals surface area contributed by atoms with Gasteiger partial charge >= 0.3 is 0 Å². The molecule has 0 bridgehead atoms. The smallest absolute Gasteiger partial charge is 0.293 e. The number of aryl methyl sites for hydroxylation is 1. The number of rotatable bonds is 8. The Bertz CT molecular complexity index is 476. The molecule has 0 heterocycles. The minimum atomic E-state index is 0.162. The van der Waals surface area contributed by atoms with Crippen LogP contribution in [0.3, 0.4) is 0 Å². The lowest BCUT2D eigenvalue weighted by molar-refractivity contribution is -0.128. The zero-order valence-corrected chi connectivity index (χ0v) is 13.0. The van der Waals surface area contributed by atoms with E-state index < -0.39 is 0 Å². The highest BCUT2D eigenvalue weighted by molar-refractivity contribution is 5.97. The van der Waals surface area contributed by atoms with E-state index in [-0.39, 0.29) is 11.7 Å². The quantitative estimate of drug-likeness (QED) is 0.455. The Morgan fingerprint density at radius 2 is 1.86 bits per heavy atom. The van der Waals surface area contributed by atoms with Crippen molar-refractivity contribution in [3.8, 4) is 0 Å². The van der Waals surface area contributed by atoms with Gasteiger partial charge in [0, 0.05) is 11.5 Å². The summed E-state index contributed by atoms with van der Waals surface area (Å²) in [5.74, 6) is 1.03. The van der Waals surface area contributed by atoms with Crippen LogP contribution in [0.25, 0.3) is 0 Å². The van der Waals surface area contributed by atoms with Crippen molar-refractivity contribution in [2.24, 2.45) is 17.6 Å². The molecule has 120 valence electrons. The molecule has 4 heteroatoms. The van der Waals surface area contributed by atoms with Crippen molar-refractivity contribution in [3.63, 3.8) is 0 Å². The van der Waals surface area contributed by atoms with Gasteiger partial charge in [0.15, 0.2) is 5.78 Å². The van der Waals surface area contributed by atoms with Crippen LogP contribution in [0.2, 0.25) is 0 Å². The van der Waals surface area contributed by atoms with Crippen LogP contribution in [0.5, 0.6) is 0 Å².